The van der Waals surface area contributed by atoms with Gasteiger partial charge in [0.2, 0.25) is 0 Å². The summed E-state index contributed by atoms with van der Waals surface area (Å²) in [7, 11) is 0. The van der Waals surface area contributed by atoms with Gasteiger partial charge in [0.1, 0.15) is 0 Å². The van der Waals surface area contributed by atoms with E-state index in [1.807, 2.05) is 23.1 Å². The van der Waals surface area contributed by atoms with E-state index < -0.39 is 0 Å². The molecule has 0 saturated carbocycles. The molecule has 0 bridgehead atoms. The highest BCUT2D eigenvalue weighted by molar-refractivity contribution is 5.92. The van der Waals surface area contributed by atoms with E-state index in [-0.39, 0.29) is 6.03 Å². The molecule has 0 radical (unpaired) electrons. The van der Waals surface area contributed by atoms with Crippen LogP contribution >= 0.6 is 0 Å². The fourth-order valence-electron chi connectivity index (χ4n) is 5.14. The second-order valence-corrected chi connectivity index (χ2v) is 9.65. The summed E-state index contributed by atoms with van der Waals surface area (Å²) in [5.41, 5.74) is 5.62. The number of nitrogens with one attached hydrogen (secondary N) is 1. The number of aryl methyl sites for hydroxylation is 1. The first kappa shape index (κ1) is 21.9. The van der Waals surface area contributed by atoms with Crippen molar-refractivity contribution in [3.63, 3.8) is 0 Å². The summed E-state index contributed by atoms with van der Waals surface area (Å²) in [5, 5.41) is 4.16. The SMILES string of the molecule is Cc1ccc(C2CCN(C(=O)Nc3ccc4nc(CN5CCCCC5)ccc4c3)CC2)cc1. The number of aromatic nitrogens is 1. The number of fused-ring (bicyclic) bond motifs is 1. The van der Waals surface area contributed by atoms with E-state index in [4.69, 9.17) is 4.98 Å². The summed E-state index contributed by atoms with van der Waals surface area (Å²) >= 11 is 0. The van der Waals surface area contributed by atoms with Gasteiger partial charge in [0, 0.05) is 30.7 Å². The Hall–Kier alpha value is -2.92. The minimum atomic E-state index is -0.00798. The smallest absolute Gasteiger partial charge is 0.321 e. The van der Waals surface area contributed by atoms with Gasteiger partial charge in [-0.2, -0.15) is 0 Å². The number of hydrogen-bond donors (Lipinski definition) is 1. The number of anilines is 1. The highest BCUT2D eigenvalue weighted by Crippen LogP contribution is 2.28. The van der Waals surface area contributed by atoms with Crippen LogP contribution in [0.25, 0.3) is 10.9 Å². The first-order valence-electron chi connectivity index (χ1n) is 12.4. The van der Waals surface area contributed by atoms with E-state index in [1.54, 1.807) is 0 Å². The molecule has 0 aliphatic carbocycles. The molecule has 1 N–H and O–H groups in total. The second-order valence-electron chi connectivity index (χ2n) is 9.65. The van der Waals surface area contributed by atoms with Crippen molar-refractivity contribution in [3.05, 3.63) is 71.4 Å². The van der Waals surface area contributed by atoms with Gasteiger partial charge in [-0.1, -0.05) is 42.3 Å². The molecular weight excluding hydrogens is 408 g/mol. The van der Waals surface area contributed by atoms with Gasteiger partial charge in [0.05, 0.1) is 11.2 Å². The molecule has 172 valence electrons. The monoisotopic (exact) mass is 442 g/mol. The van der Waals surface area contributed by atoms with Gasteiger partial charge in [-0.25, -0.2) is 4.79 Å². The number of hydrogen-bond acceptors (Lipinski definition) is 3. The number of nitrogens with zero attached hydrogens (tertiary/aromatic N) is 3. The van der Waals surface area contributed by atoms with Crippen molar-refractivity contribution in [3.8, 4) is 0 Å². The first-order valence-corrected chi connectivity index (χ1v) is 12.4. The van der Waals surface area contributed by atoms with E-state index in [9.17, 15) is 4.79 Å². The van der Waals surface area contributed by atoms with Crippen LogP contribution in [-0.4, -0.2) is 47.0 Å². The lowest BCUT2D eigenvalue weighted by Crippen LogP contribution is -2.40. The fourth-order valence-corrected chi connectivity index (χ4v) is 5.14. The lowest BCUT2D eigenvalue weighted by atomic mass is 9.89. The molecule has 0 atom stereocenters. The zero-order valence-electron chi connectivity index (χ0n) is 19.6. The molecule has 2 amide bonds. The maximum absolute atomic E-state index is 12.9. The molecule has 0 spiro atoms. The Morgan fingerprint density at radius 2 is 1.70 bits per heavy atom. The number of piperidine rings is 2. The predicted molar refractivity (Wildman–Crippen MR) is 135 cm³/mol. The van der Waals surface area contributed by atoms with Crippen LogP contribution in [0.1, 0.15) is 54.8 Å². The number of pyridine rings is 1. The molecule has 3 aromatic rings. The van der Waals surface area contributed by atoms with Gasteiger partial charge in [0.25, 0.3) is 0 Å². The van der Waals surface area contributed by atoms with Crippen LogP contribution in [0.15, 0.2) is 54.6 Å². The minimum Gasteiger partial charge on any atom is -0.324 e. The Morgan fingerprint density at radius 3 is 2.45 bits per heavy atom. The van der Waals surface area contributed by atoms with Crippen molar-refractivity contribution in [2.75, 3.05) is 31.5 Å². The Labute approximate surface area is 196 Å². The van der Waals surface area contributed by atoms with Gasteiger partial charge in [-0.3, -0.25) is 9.88 Å². The third-order valence-electron chi connectivity index (χ3n) is 7.16. The second kappa shape index (κ2) is 9.92. The molecule has 2 aliphatic heterocycles. The number of urea groups is 1. The van der Waals surface area contributed by atoms with Crippen LogP contribution in [0, 0.1) is 6.92 Å². The lowest BCUT2D eigenvalue weighted by Gasteiger charge is -2.32. The van der Waals surface area contributed by atoms with Gasteiger partial charge in [0.15, 0.2) is 0 Å². The van der Waals surface area contributed by atoms with Crippen molar-refractivity contribution in [2.45, 2.75) is 51.5 Å². The number of benzene rings is 2. The van der Waals surface area contributed by atoms with Crippen LogP contribution in [0.4, 0.5) is 10.5 Å². The summed E-state index contributed by atoms with van der Waals surface area (Å²) in [4.78, 5) is 22.2. The zero-order chi connectivity index (χ0) is 22.6. The molecule has 5 nitrogen and oxygen atoms in total. The van der Waals surface area contributed by atoms with Crippen LogP contribution < -0.4 is 5.32 Å². The standard InChI is InChI=1S/C28H34N4O/c1-21-5-7-22(8-6-21)23-13-17-32(18-14-23)28(33)30-25-11-12-27-24(19-25)9-10-26(29-27)20-31-15-3-2-4-16-31/h5-12,19,23H,2-4,13-18,20H2,1H3,(H,30,33). The summed E-state index contributed by atoms with van der Waals surface area (Å²) in [6.07, 6.45) is 5.96. The molecule has 0 unspecified atom stereocenters. The summed E-state index contributed by atoms with van der Waals surface area (Å²) in [6, 6.07) is 19.1. The summed E-state index contributed by atoms with van der Waals surface area (Å²) in [5.74, 6) is 0.542. The number of carbonyl (C=O) groups excluding carboxylic acids is 1. The van der Waals surface area contributed by atoms with Crippen molar-refractivity contribution in [1.29, 1.82) is 0 Å². The Kier molecular flexibility index (Phi) is 6.58. The van der Waals surface area contributed by atoms with Crippen molar-refractivity contribution in [2.24, 2.45) is 0 Å². The first-order chi connectivity index (χ1) is 16.1. The van der Waals surface area contributed by atoms with Crippen LogP contribution in [0.5, 0.6) is 0 Å². The molecule has 5 heteroatoms. The summed E-state index contributed by atoms with van der Waals surface area (Å²) < 4.78 is 0. The molecule has 2 aliphatic rings. The van der Waals surface area contributed by atoms with Gasteiger partial charge >= 0.3 is 6.03 Å². The quantitative estimate of drug-likeness (QED) is 0.544. The predicted octanol–water partition coefficient (Wildman–Crippen LogP) is 5.94. The van der Waals surface area contributed by atoms with Crippen LogP contribution in [0.2, 0.25) is 0 Å². The highest BCUT2D eigenvalue weighted by Gasteiger charge is 2.24. The van der Waals surface area contributed by atoms with E-state index in [0.29, 0.717) is 5.92 Å². The molecular formula is C28H34N4O. The van der Waals surface area contributed by atoms with Crippen molar-refractivity contribution < 1.29 is 4.79 Å². The van der Waals surface area contributed by atoms with E-state index in [1.165, 1.54) is 43.5 Å². The van der Waals surface area contributed by atoms with Gasteiger partial charge < -0.3 is 10.2 Å². The molecule has 3 heterocycles. The largest absolute Gasteiger partial charge is 0.324 e. The van der Waals surface area contributed by atoms with E-state index in [0.717, 1.165) is 54.8 Å². The minimum absolute atomic E-state index is 0.00798. The third kappa shape index (κ3) is 5.36. The molecule has 1 aromatic heterocycles. The lowest BCUT2D eigenvalue weighted by molar-refractivity contribution is 0.194. The number of amides is 2. The van der Waals surface area contributed by atoms with Crippen LogP contribution in [-0.2, 0) is 6.54 Å². The fraction of sp³-hybridized carbons (Fsp3) is 0.429. The third-order valence-corrected chi connectivity index (χ3v) is 7.16. The topological polar surface area (TPSA) is 48.5 Å². The Bertz CT molecular complexity index is 1100. The van der Waals surface area contributed by atoms with E-state index >= 15 is 0 Å². The average molecular weight is 443 g/mol. The Balaban J connectivity index is 1.18. The normalized spacial score (nSPS) is 17.9. The molecule has 2 saturated heterocycles. The maximum Gasteiger partial charge on any atom is 0.321 e. The number of rotatable bonds is 4. The van der Waals surface area contributed by atoms with Crippen LogP contribution in [0.3, 0.4) is 0 Å². The molecule has 5 rings (SSSR count). The highest BCUT2D eigenvalue weighted by atomic mass is 16.2. The van der Waals surface area contributed by atoms with E-state index in [2.05, 4.69) is 53.5 Å². The van der Waals surface area contributed by atoms with Crippen molar-refractivity contribution in [1.82, 2.24) is 14.8 Å². The Morgan fingerprint density at radius 1 is 0.939 bits per heavy atom. The zero-order valence-corrected chi connectivity index (χ0v) is 19.6. The average Bonchev–Trinajstić information content (AvgIpc) is 2.85. The van der Waals surface area contributed by atoms with Crippen molar-refractivity contribution >= 4 is 22.6 Å². The molecule has 2 aromatic carbocycles. The maximum atomic E-state index is 12.9. The summed E-state index contributed by atoms with van der Waals surface area (Å²) in [6.45, 7) is 6.97. The number of likely N-dealkylation sites (tertiary alicyclic amines) is 2. The van der Waals surface area contributed by atoms with Gasteiger partial charge in [-0.15, -0.1) is 0 Å². The molecule has 2 fully saturated rings. The number of carbonyl (C=O) groups is 1. The molecule has 33 heavy (non-hydrogen) atoms. The van der Waals surface area contributed by atoms with Gasteiger partial charge in [-0.05, 0) is 81.4 Å².